The Kier molecular flexibility index (Phi) is 7.28. The van der Waals surface area contributed by atoms with Crippen molar-refractivity contribution in [3.8, 4) is 0 Å². The van der Waals surface area contributed by atoms with E-state index < -0.39 is 0 Å². The van der Waals surface area contributed by atoms with E-state index in [1.807, 2.05) is 18.2 Å². The molecule has 1 aromatic rings. The maximum Gasteiger partial charge on any atom is 0.0587 e. The first-order valence-electron chi connectivity index (χ1n) is 6.30. The number of hydrogen-bond acceptors (Lipinski definition) is 3. The second-order valence-electron chi connectivity index (χ2n) is 4.45. The molecule has 0 amide bonds. The molecule has 3 nitrogen and oxygen atoms in total. The number of methoxy groups -OCH3 is 1. The Morgan fingerprint density at radius 3 is 2.83 bits per heavy atom. The van der Waals surface area contributed by atoms with Crippen molar-refractivity contribution >= 4 is 11.6 Å². The van der Waals surface area contributed by atoms with Gasteiger partial charge in [0.05, 0.1) is 6.61 Å². The molecule has 0 fully saturated rings. The largest absolute Gasteiger partial charge is 0.383 e. The SMILES string of the molecule is COCCNCCN(C)C(C)c1cccc(Cl)c1. The number of nitrogens with one attached hydrogen (secondary N) is 1. The summed E-state index contributed by atoms with van der Waals surface area (Å²) in [6, 6.07) is 8.42. The van der Waals surface area contributed by atoms with Crippen LogP contribution in [0.1, 0.15) is 18.5 Å². The minimum Gasteiger partial charge on any atom is -0.383 e. The summed E-state index contributed by atoms with van der Waals surface area (Å²) in [6.07, 6.45) is 0. The Bertz CT molecular complexity index is 346. The Morgan fingerprint density at radius 2 is 2.17 bits per heavy atom. The lowest BCUT2D eigenvalue weighted by Crippen LogP contribution is -2.32. The van der Waals surface area contributed by atoms with Crippen LogP contribution in [0.4, 0.5) is 0 Å². The van der Waals surface area contributed by atoms with Crippen LogP contribution in [0.3, 0.4) is 0 Å². The molecule has 0 saturated carbocycles. The van der Waals surface area contributed by atoms with Gasteiger partial charge in [0, 0.05) is 37.8 Å². The molecule has 0 aliphatic carbocycles. The van der Waals surface area contributed by atoms with Crippen LogP contribution in [0.15, 0.2) is 24.3 Å². The van der Waals surface area contributed by atoms with E-state index in [-0.39, 0.29) is 0 Å². The minimum absolute atomic E-state index is 0.368. The van der Waals surface area contributed by atoms with Crippen molar-refractivity contribution in [2.75, 3.05) is 40.4 Å². The van der Waals surface area contributed by atoms with Gasteiger partial charge < -0.3 is 10.1 Å². The molecule has 0 aromatic heterocycles. The Morgan fingerprint density at radius 1 is 1.39 bits per heavy atom. The van der Waals surface area contributed by atoms with E-state index in [1.54, 1.807) is 7.11 Å². The Balaban J connectivity index is 2.34. The summed E-state index contributed by atoms with van der Waals surface area (Å²) in [5.74, 6) is 0. The fraction of sp³-hybridized carbons (Fsp3) is 0.571. The van der Waals surface area contributed by atoms with Crippen LogP contribution in [0.5, 0.6) is 0 Å². The van der Waals surface area contributed by atoms with Crippen molar-refractivity contribution in [1.29, 1.82) is 0 Å². The van der Waals surface area contributed by atoms with Crippen LogP contribution in [0.2, 0.25) is 5.02 Å². The van der Waals surface area contributed by atoms with Crippen molar-refractivity contribution < 1.29 is 4.74 Å². The Hall–Kier alpha value is -0.610. The van der Waals surface area contributed by atoms with Crippen molar-refractivity contribution in [3.05, 3.63) is 34.9 Å². The molecule has 18 heavy (non-hydrogen) atoms. The molecular weight excluding hydrogens is 248 g/mol. The van der Waals surface area contributed by atoms with Crippen molar-refractivity contribution in [3.63, 3.8) is 0 Å². The standard InChI is InChI=1S/C14H23ClN2O/c1-12(13-5-4-6-14(15)11-13)17(2)9-7-16-8-10-18-3/h4-6,11-12,16H,7-10H2,1-3H3. The smallest absolute Gasteiger partial charge is 0.0587 e. The van der Waals surface area contributed by atoms with Crippen LogP contribution in [-0.4, -0.2) is 45.3 Å². The van der Waals surface area contributed by atoms with E-state index in [0.717, 1.165) is 31.3 Å². The van der Waals surface area contributed by atoms with Gasteiger partial charge in [0.15, 0.2) is 0 Å². The van der Waals surface area contributed by atoms with E-state index in [4.69, 9.17) is 16.3 Å². The Labute approximate surface area is 115 Å². The van der Waals surface area contributed by atoms with E-state index in [2.05, 4.69) is 30.3 Å². The number of hydrogen-bond donors (Lipinski definition) is 1. The summed E-state index contributed by atoms with van der Waals surface area (Å²) < 4.78 is 4.99. The molecule has 0 radical (unpaired) electrons. The van der Waals surface area contributed by atoms with Gasteiger partial charge in [-0.15, -0.1) is 0 Å². The molecule has 0 aliphatic heterocycles. The molecule has 0 heterocycles. The summed E-state index contributed by atoms with van der Waals surface area (Å²) in [6.45, 7) is 5.81. The average Bonchev–Trinajstić information content (AvgIpc) is 2.37. The zero-order valence-corrected chi connectivity index (χ0v) is 12.2. The summed E-state index contributed by atoms with van der Waals surface area (Å²) in [5, 5.41) is 4.14. The first kappa shape index (κ1) is 15.4. The highest BCUT2D eigenvalue weighted by Crippen LogP contribution is 2.21. The van der Waals surface area contributed by atoms with E-state index in [1.165, 1.54) is 5.56 Å². The molecule has 0 spiro atoms. The molecule has 1 atom stereocenters. The topological polar surface area (TPSA) is 24.5 Å². The second kappa shape index (κ2) is 8.48. The number of halogens is 1. The lowest BCUT2D eigenvalue weighted by molar-refractivity contribution is 0.195. The van der Waals surface area contributed by atoms with E-state index in [0.29, 0.717) is 6.04 Å². The summed E-state index contributed by atoms with van der Waals surface area (Å²) in [4.78, 5) is 2.31. The lowest BCUT2D eigenvalue weighted by Gasteiger charge is -2.25. The fourth-order valence-electron chi connectivity index (χ4n) is 1.77. The van der Waals surface area contributed by atoms with Crippen LogP contribution in [0.25, 0.3) is 0 Å². The van der Waals surface area contributed by atoms with Gasteiger partial charge in [0.2, 0.25) is 0 Å². The maximum absolute atomic E-state index is 6.01. The van der Waals surface area contributed by atoms with Gasteiger partial charge in [-0.3, -0.25) is 4.90 Å². The van der Waals surface area contributed by atoms with Gasteiger partial charge in [-0.25, -0.2) is 0 Å². The maximum atomic E-state index is 6.01. The van der Waals surface area contributed by atoms with Gasteiger partial charge in [-0.2, -0.15) is 0 Å². The second-order valence-corrected chi connectivity index (χ2v) is 4.89. The van der Waals surface area contributed by atoms with E-state index in [9.17, 15) is 0 Å². The predicted octanol–water partition coefficient (Wildman–Crippen LogP) is 2.57. The molecule has 1 aromatic carbocycles. The third kappa shape index (κ3) is 5.36. The molecule has 0 bridgehead atoms. The summed E-state index contributed by atoms with van der Waals surface area (Å²) >= 11 is 6.01. The fourth-order valence-corrected chi connectivity index (χ4v) is 1.97. The molecule has 102 valence electrons. The predicted molar refractivity (Wildman–Crippen MR) is 77.2 cm³/mol. The number of ether oxygens (including phenoxy) is 1. The van der Waals surface area contributed by atoms with Crippen LogP contribution < -0.4 is 5.32 Å². The van der Waals surface area contributed by atoms with Crippen molar-refractivity contribution in [2.24, 2.45) is 0 Å². The third-order valence-electron chi connectivity index (χ3n) is 3.12. The summed E-state index contributed by atoms with van der Waals surface area (Å²) in [5.41, 5.74) is 1.25. The first-order chi connectivity index (χ1) is 8.65. The van der Waals surface area contributed by atoms with Crippen molar-refractivity contribution in [1.82, 2.24) is 10.2 Å². The van der Waals surface area contributed by atoms with Gasteiger partial charge >= 0.3 is 0 Å². The molecule has 1 N–H and O–H groups in total. The number of rotatable bonds is 8. The van der Waals surface area contributed by atoms with E-state index >= 15 is 0 Å². The quantitative estimate of drug-likeness (QED) is 0.735. The van der Waals surface area contributed by atoms with Crippen LogP contribution in [-0.2, 0) is 4.74 Å². The molecule has 1 rings (SSSR count). The third-order valence-corrected chi connectivity index (χ3v) is 3.35. The zero-order chi connectivity index (χ0) is 13.4. The monoisotopic (exact) mass is 270 g/mol. The number of nitrogens with zero attached hydrogens (tertiary/aromatic N) is 1. The highest BCUT2D eigenvalue weighted by molar-refractivity contribution is 6.30. The number of benzene rings is 1. The van der Waals surface area contributed by atoms with Crippen molar-refractivity contribution in [2.45, 2.75) is 13.0 Å². The molecule has 0 aliphatic rings. The molecule has 0 saturated heterocycles. The highest BCUT2D eigenvalue weighted by atomic mass is 35.5. The zero-order valence-electron chi connectivity index (χ0n) is 11.4. The number of likely N-dealkylation sites (N-methyl/N-ethyl adjacent to an activating group) is 1. The average molecular weight is 271 g/mol. The van der Waals surface area contributed by atoms with Gasteiger partial charge in [-0.1, -0.05) is 23.7 Å². The lowest BCUT2D eigenvalue weighted by atomic mass is 10.1. The minimum atomic E-state index is 0.368. The highest BCUT2D eigenvalue weighted by Gasteiger charge is 2.11. The first-order valence-corrected chi connectivity index (χ1v) is 6.68. The molecular formula is C14H23ClN2O. The van der Waals surface area contributed by atoms with Gasteiger partial charge in [0.1, 0.15) is 0 Å². The van der Waals surface area contributed by atoms with Crippen LogP contribution >= 0.6 is 11.6 Å². The summed E-state index contributed by atoms with van der Waals surface area (Å²) in [7, 11) is 3.85. The van der Waals surface area contributed by atoms with Gasteiger partial charge in [-0.05, 0) is 31.7 Å². The van der Waals surface area contributed by atoms with Gasteiger partial charge in [0.25, 0.3) is 0 Å². The van der Waals surface area contributed by atoms with Crippen LogP contribution in [0, 0.1) is 0 Å². The normalized spacial score (nSPS) is 12.9. The molecule has 1 unspecified atom stereocenters. The molecule has 4 heteroatoms.